The van der Waals surface area contributed by atoms with E-state index in [1.165, 1.54) is 25.7 Å². The minimum absolute atomic E-state index is 0.162. The van der Waals surface area contributed by atoms with Gasteiger partial charge in [-0.2, -0.15) is 0 Å². The second kappa shape index (κ2) is 5.27. The van der Waals surface area contributed by atoms with Crippen molar-refractivity contribution in [2.24, 2.45) is 16.7 Å². The summed E-state index contributed by atoms with van der Waals surface area (Å²) >= 11 is 1.57. The molecule has 0 aromatic carbocycles. The van der Waals surface area contributed by atoms with Gasteiger partial charge in [-0.05, 0) is 48.9 Å². The Kier molecular flexibility index (Phi) is 3.56. The summed E-state index contributed by atoms with van der Waals surface area (Å²) in [5, 5.41) is 4.32. The number of amides is 1. The van der Waals surface area contributed by atoms with Gasteiger partial charge >= 0.3 is 0 Å². The number of imidazole rings is 1. The molecular weight excluding hydrogens is 306 g/mol. The number of rotatable bonds is 5. The fraction of sp³-hybridized carbons (Fsp3) is 0.778. The molecule has 23 heavy (non-hydrogen) atoms. The minimum atomic E-state index is 0.162. The molecule has 3 saturated carbocycles. The fourth-order valence-electron chi connectivity index (χ4n) is 4.83. The summed E-state index contributed by atoms with van der Waals surface area (Å²) in [4.78, 5) is 16.9. The molecule has 2 bridgehead atoms. The lowest BCUT2D eigenvalue weighted by atomic mass is 9.69. The summed E-state index contributed by atoms with van der Waals surface area (Å²) in [7, 11) is 0. The third-order valence-electron chi connectivity index (χ3n) is 7.04. The van der Waals surface area contributed by atoms with Gasteiger partial charge in [-0.15, -0.1) is 0 Å². The van der Waals surface area contributed by atoms with Crippen LogP contribution >= 0.6 is 11.8 Å². The molecule has 4 nitrogen and oxygen atoms in total. The molecule has 0 spiro atoms. The van der Waals surface area contributed by atoms with Crippen LogP contribution in [0.25, 0.3) is 0 Å². The Labute approximate surface area is 142 Å². The molecule has 1 amide bonds. The molecular formula is C18H27N3OS. The zero-order valence-electron chi connectivity index (χ0n) is 14.3. The number of fused-ring (bicyclic) bond motifs is 2. The number of aromatic nitrogens is 2. The molecule has 4 rings (SSSR count). The first-order valence-electron chi connectivity index (χ1n) is 8.87. The van der Waals surface area contributed by atoms with Gasteiger partial charge in [-0.25, -0.2) is 4.98 Å². The first-order valence-corrected chi connectivity index (χ1v) is 9.85. The first kappa shape index (κ1) is 15.6. The monoisotopic (exact) mass is 333 g/mol. The van der Waals surface area contributed by atoms with Crippen molar-refractivity contribution in [3.63, 3.8) is 0 Å². The van der Waals surface area contributed by atoms with Gasteiger partial charge in [0.05, 0.1) is 5.75 Å². The Morgan fingerprint density at radius 2 is 2.17 bits per heavy atom. The molecule has 0 saturated heterocycles. The van der Waals surface area contributed by atoms with E-state index >= 15 is 0 Å². The Balaban J connectivity index is 1.35. The van der Waals surface area contributed by atoms with Crippen LogP contribution in [0.3, 0.4) is 0 Å². The summed E-state index contributed by atoms with van der Waals surface area (Å²) in [6.45, 7) is 7.15. The van der Waals surface area contributed by atoms with Crippen molar-refractivity contribution >= 4 is 17.7 Å². The molecule has 1 heterocycles. The van der Waals surface area contributed by atoms with Crippen molar-refractivity contribution in [3.8, 4) is 0 Å². The Morgan fingerprint density at radius 1 is 1.39 bits per heavy atom. The van der Waals surface area contributed by atoms with Crippen LogP contribution < -0.4 is 5.32 Å². The van der Waals surface area contributed by atoms with E-state index in [2.05, 4.69) is 35.6 Å². The van der Waals surface area contributed by atoms with E-state index in [4.69, 9.17) is 0 Å². The highest BCUT2D eigenvalue weighted by molar-refractivity contribution is 7.99. The number of carbonyl (C=O) groups is 1. The smallest absolute Gasteiger partial charge is 0.230 e. The third-order valence-corrected chi connectivity index (χ3v) is 8.02. The zero-order valence-corrected chi connectivity index (χ0v) is 15.2. The SMILES string of the molecule is CC1(C)C2CCC1(C)C(NC(=O)CSc1nccn1C1CC1)C2. The van der Waals surface area contributed by atoms with Crippen molar-refractivity contribution in [1.82, 2.24) is 14.9 Å². The third kappa shape index (κ3) is 2.43. The van der Waals surface area contributed by atoms with Crippen LogP contribution in [-0.2, 0) is 4.79 Å². The van der Waals surface area contributed by atoms with Crippen LogP contribution in [0.5, 0.6) is 0 Å². The van der Waals surface area contributed by atoms with Crippen LogP contribution in [-0.4, -0.2) is 27.3 Å². The number of thioether (sulfide) groups is 1. The highest BCUT2D eigenvalue weighted by Crippen LogP contribution is 2.65. The van der Waals surface area contributed by atoms with Crippen LogP contribution in [0.2, 0.25) is 0 Å². The molecule has 1 aromatic rings. The van der Waals surface area contributed by atoms with Crippen molar-refractivity contribution in [2.75, 3.05) is 5.75 Å². The van der Waals surface area contributed by atoms with Crippen LogP contribution in [0, 0.1) is 16.7 Å². The molecule has 1 N–H and O–H groups in total. The molecule has 0 aliphatic heterocycles. The van der Waals surface area contributed by atoms with Crippen molar-refractivity contribution in [3.05, 3.63) is 12.4 Å². The molecule has 126 valence electrons. The van der Waals surface area contributed by atoms with E-state index in [9.17, 15) is 4.79 Å². The van der Waals surface area contributed by atoms with E-state index in [0.29, 0.717) is 23.3 Å². The van der Waals surface area contributed by atoms with Gasteiger partial charge < -0.3 is 9.88 Å². The normalized spacial score (nSPS) is 34.7. The fourth-order valence-corrected chi connectivity index (χ4v) is 5.67. The van der Waals surface area contributed by atoms with Crippen LogP contribution in [0.4, 0.5) is 0 Å². The maximum Gasteiger partial charge on any atom is 0.230 e. The molecule has 5 heteroatoms. The predicted molar refractivity (Wildman–Crippen MR) is 92.4 cm³/mol. The van der Waals surface area contributed by atoms with Crippen molar-refractivity contribution in [1.29, 1.82) is 0 Å². The summed E-state index contributed by atoms with van der Waals surface area (Å²) in [5.41, 5.74) is 0.602. The highest BCUT2D eigenvalue weighted by Gasteiger charge is 2.61. The topological polar surface area (TPSA) is 46.9 Å². The number of hydrogen-bond donors (Lipinski definition) is 1. The largest absolute Gasteiger partial charge is 0.352 e. The Morgan fingerprint density at radius 3 is 2.78 bits per heavy atom. The molecule has 3 fully saturated rings. The molecule has 3 aliphatic carbocycles. The lowest BCUT2D eigenvalue weighted by Gasteiger charge is -2.39. The van der Waals surface area contributed by atoms with Gasteiger partial charge in [-0.1, -0.05) is 32.5 Å². The minimum Gasteiger partial charge on any atom is -0.352 e. The number of nitrogens with one attached hydrogen (secondary N) is 1. The van der Waals surface area contributed by atoms with Crippen LogP contribution in [0.15, 0.2) is 17.6 Å². The van der Waals surface area contributed by atoms with E-state index in [-0.39, 0.29) is 11.3 Å². The van der Waals surface area contributed by atoms with Crippen molar-refractivity contribution in [2.45, 2.75) is 70.1 Å². The average Bonchev–Trinajstić information content (AvgIpc) is 3.16. The average molecular weight is 334 g/mol. The van der Waals surface area contributed by atoms with E-state index < -0.39 is 0 Å². The summed E-state index contributed by atoms with van der Waals surface area (Å²) in [6, 6.07) is 0.959. The second-order valence-electron chi connectivity index (χ2n) is 8.37. The molecule has 1 aromatic heterocycles. The standard InChI is InChI=1S/C18H27N3OS/c1-17(2)12-6-7-18(17,3)14(10-12)20-15(22)11-23-16-19-8-9-21(16)13-4-5-13/h8-9,12-14H,4-7,10-11H2,1-3H3,(H,20,22). The van der Waals surface area contributed by atoms with Gasteiger partial charge in [-0.3, -0.25) is 4.79 Å². The van der Waals surface area contributed by atoms with Gasteiger partial charge in [0.15, 0.2) is 5.16 Å². The number of hydrogen-bond acceptors (Lipinski definition) is 3. The van der Waals surface area contributed by atoms with Gasteiger partial charge in [0, 0.05) is 24.5 Å². The maximum absolute atomic E-state index is 12.5. The quantitative estimate of drug-likeness (QED) is 0.837. The van der Waals surface area contributed by atoms with Crippen molar-refractivity contribution < 1.29 is 4.79 Å². The molecule has 3 aliphatic rings. The summed E-state index contributed by atoms with van der Waals surface area (Å²) in [6.07, 6.45) is 10.1. The first-order chi connectivity index (χ1) is 10.9. The zero-order chi connectivity index (χ0) is 16.2. The Hall–Kier alpha value is -0.970. The van der Waals surface area contributed by atoms with E-state index in [0.717, 1.165) is 17.5 Å². The lowest BCUT2D eigenvalue weighted by molar-refractivity contribution is -0.120. The molecule has 3 unspecified atom stereocenters. The Bertz CT molecular complexity index is 622. The second-order valence-corrected chi connectivity index (χ2v) is 9.31. The maximum atomic E-state index is 12.5. The predicted octanol–water partition coefficient (Wildman–Crippen LogP) is 3.64. The van der Waals surface area contributed by atoms with Gasteiger partial charge in [0.25, 0.3) is 0 Å². The van der Waals surface area contributed by atoms with Crippen LogP contribution in [0.1, 0.15) is 58.9 Å². The van der Waals surface area contributed by atoms with Gasteiger partial charge in [0.1, 0.15) is 0 Å². The van der Waals surface area contributed by atoms with Gasteiger partial charge in [0.2, 0.25) is 5.91 Å². The van der Waals surface area contributed by atoms with E-state index in [1.54, 1.807) is 11.8 Å². The molecule has 3 atom stereocenters. The highest BCUT2D eigenvalue weighted by atomic mass is 32.2. The number of nitrogens with zero attached hydrogens (tertiary/aromatic N) is 2. The lowest BCUT2D eigenvalue weighted by Crippen LogP contribution is -2.47. The van der Waals surface area contributed by atoms with E-state index in [1.807, 2.05) is 12.4 Å². The summed E-state index contributed by atoms with van der Waals surface area (Å²) < 4.78 is 2.22. The summed E-state index contributed by atoms with van der Waals surface area (Å²) in [5.74, 6) is 1.40. The molecule has 0 radical (unpaired) electrons. The number of carbonyl (C=O) groups excluding carboxylic acids is 1.